The number of nitrogen functional groups attached to an aromatic ring is 1. The van der Waals surface area contributed by atoms with Gasteiger partial charge < -0.3 is 30.5 Å². The molecule has 5 N–H and O–H groups in total. The number of carbonyl (C=O) groups is 3. The Morgan fingerprint density at radius 2 is 2.07 bits per heavy atom. The van der Waals surface area contributed by atoms with Crippen molar-refractivity contribution in [2.75, 3.05) is 18.6 Å². The molecule has 3 aromatic rings. The number of aromatic nitrogens is 5. The summed E-state index contributed by atoms with van der Waals surface area (Å²) in [7, 11) is 1.28. The number of anilines is 1. The van der Waals surface area contributed by atoms with Crippen LogP contribution in [0.25, 0.3) is 0 Å². The molecule has 0 aromatic carbocycles. The predicted octanol–water partition coefficient (Wildman–Crippen LogP) is 1.90. The van der Waals surface area contributed by atoms with E-state index in [0.717, 1.165) is 22.7 Å². The SMILES string of the molecule is CCc1nnc(SC(C2=C(C(=O)O)N3C(=O)[C@@H](NC(=O)C(=NOC)c4csc(N)n4)[C@@H]3SC2)n2c(C)ccc2C)[nH]1. The molecule has 0 radical (unpaired) electrons. The standard InChI is InChI=1S/C24H27N9O5S3/c1-5-14-27-24(30-29-14)41-20(32-10(2)6-7-11(32)3)12-8-39-21-16(19(35)33(21)17(12)22(36)37)28-18(34)15(31-38-4)13-9-40-23(25)26-13/h6-7,9,16,20-21H,5,8H2,1-4H3,(H2,25,26)(H,28,34)(H,36,37)(H,27,29,30)/t16-,20?,21+/m1/s1. The number of β-lactam (4-membered cyclic amide) rings is 1. The molecule has 0 spiro atoms. The Morgan fingerprint density at radius 3 is 2.66 bits per heavy atom. The number of H-pyrrole nitrogens is 1. The maximum absolute atomic E-state index is 13.4. The van der Waals surface area contributed by atoms with E-state index in [9.17, 15) is 19.5 Å². The minimum absolute atomic E-state index is 0.109. The van der Waals surface area contributed by atoms with Gasteiger partial charge in [-0.25, -0.2) is 9.78 Å². The lowest BCUT2D eigenvalue weighted by atomic mass is 10.0. The summed E-state index contributed by atoms with van der Waals surface area (Å²) in [5.41, 5.74) is 8.03. The molecule has 1 fully saturated rings. The second-order valence-corrected chi connectivity index (χ2v) is 12.2. The number of nitrogens with one attached hydrogen (secondary N) is 2. The molecule has 2 amide bonds. The minimum Gasteiger partial charge on any atom is -0.477 e. The van der Waals surface area contributed by atoms with E-state index in [0.29, 0.717) is 28.7 Å². The van der Waals surface area contributed by atoms with Gasteiger partial charge >= 0.3 is 5.97 Å². The van der Waals surface area contributed by atoms with Crippen LogP contribution < -0.4 is 11.1 Å². The van der Waals surface area contributed by atoms with Gasteiger partial charge in [-0.2, -0.15) is 0 Å². The molecule has 216 valence electrons. The number of thioether (sulfide) groups is 2. The number of carboxylic acids is 1. The number of fused-ring (bicyclic) bond motifs is 1. The molecule has 1 unspecified atom stereocenters. The summed E-state index contributed by atoms with van der Waals surface area (Å²) in [4.78, 5) is 52.5. The highest BCUT2D eigenvalue weighted by Crippen LogP contribution is 2.47. The molecule has 5 heterocycles. The number of hydrogen-bond donors (Lipinski definition) is 4. The number of nitrogens with two attached hydrogens (primary N) is 1. The lowest BCUT2D eigenvalue weighted by molar-refractivity contribution is -0.150. The van der Waals surface area contributed by atoms with E-state index < -0.39 is 34.6 Å². The van der Waals surface area contributed by atoms with Crippen LogP contribution in [0.2, 0.25) is 0 Å². The van der Waals surface area contributed by atoms with Gasteiger partial charge in [0.2, 0.25) is 0 Å². The fourth-order valence-electron chi connectivity index (χ4n) is 4.66. The Bertz CT molecular complexity index is 1560. The molecule has 3 atom stereocenters. The summed E-state index contributed by atoms with van der Waals surface area (Å²) >= 11 is 3.83. The third-order valence-corrected chi connectivity index (χ3v) is 9.68. The van der Waals surface area contributed by atoms with E-state index >= 15 is 0 Å². The number of oxime groups is 1. The highest BCUT2D eigenvalue weighted by molar-refractivity contribution is 8.01. The quantitative estimate of drug-likeness (QED) is 0.112. The number of thiazole rings is 1. The van der Waals surface area contributed by atoms with Crippen molar-refractivity contribution in [3.05, 3.63) is 51.7 Å². The van der Waals surface area contributed by atoms with Crippen molar-refractivity contribution in [3.8, 4) is 0 Å². The van der Waals surface area contributed by atoms with Crippen molar-refractivity contribution < 1.29 is 24.3 Å². The summed E-state index contributed by atoms with van der Waals surface area (Å²) in [5, 5.41) is 26.4. The Labute approximate surface area is 246 Å². The van der Waals surface area contributed by atoms with Crippen LogP contribution in [-0.4, -0.2) is 82.5 Å². The third kappa shape index (κ3) is 5.31. The Balaban J connectivity index is 1.46. The lowest BCUT2D eigenvalue weighted by Crippen LogP contribution is -2.71. The van der Waals surface area contributed by atoms with Crippen LogP contribution in [0.1, 0.15) is 35.2 Å². The molecule has 0 bridgehead atoms. The van der Waals surface area contributed by atoms with Crippen LogP contribution in [0.4, 0.5) is 5.13 Å². The Hall–Kier alpha value is -3.83. The largest absolute Gasteiger partial charge is 0.477 e. The van der Waals surface area contributed by atoms with Crippen LogP contribution in [0, 0.1) is 13.8 Å². The van der Waals surface area contributed by atoms with Crippen molar-refractivity contribution in [1.29, 1.82) is 0 Å². The molecular weight excluding hydrogens is 591 g/mol. The van der Waals surface area contributed by atoms with Crippen LogP contribution in [0.5, 0.6) is 0 Å². The first-order valence-electron chi connectivity index (χ1n) is 12.4. The summed E-state index contributed by atoms with van der Waals surface area (Å²) in [6.45, 7) is 5.83. The van der Waals surface area contributed by atoms with Crippen LogP contribution in [0.15, 0.2) is 39.1 Å². The molecule has 0 saturated carbocycles. The number of carbonyl (C=O) groups excluding carboxylic acids is 2. The molecule has 17 heteroatoms. The topological polar surface area (TPSA) is 194 Å². The summed E-state index contributed by atoms with van der Waals surface area (Å²) < 4.78 is 2.02. The zero-order chi connectivity index (χ0) is 29.4. The summed E-state index contributed by atoms with van der Waals surface area (Å²) in [6.07, 6.45) is 0.669. The first-order chi connectivity index (χ1) is 19.6. The number of amides is 2. The normalized spacial score (nSPS) is 19.6. The van der Waals surface area contributed by atoms with Crippen LogP contribution in [0.3, 0.4) is 0 Å². The number of carboxylic acid groups (broad SMARTS) is 1. The highest BCUT2D eigenvalue weighted by atomic mass is 32.2. The number of aryl methyl sites for hydroxylation is 3. The molecule has 2 aliphatic heterocycles. The number of aliphatic carboxylic acids is 1. The monoisotopic (exact) mass is 617 g/mol. The minimum atomic E-state index is -1.23. The number of rotatable bonds is 10. The molecule has 3 aromatic heterocycles. The van der Waals surface area contributed by atoms with Crippen molar-refractivity contribution in [1.82, 2.24) is 34.9 Å². The van der Waals surface area contributed by atoms with Crippen molar-refractivity contribution in [2.45, 2.75) is 49.1 Å². The number of aromatic amines is 1. The van der Waals surface area contributed by atoms with Crippen molar-refractivity contribution >= 4 is 63.5 Å². The first kappa shape index (κ1) is 28.7. The maximum atomic E-state index is 13.4. The van der Waals surface area contributed by atoms with Gasteiger partial charge in [-0.05, 0) is 26.0 Å². The highest BCUT2D eigenvalue weighted by Gasteiger charge is 2.55. The molecule has 1 saturated heterocycles. The molecule has 41 heavy (non-hydrogen) atoms. The third-order valence-electron chi connectivity index (χ3n) is 6.58. The van der Waals surface area contributed by atoms with Gasteiger partial charge in [0.15, 0.2) is 16.0 Å². The van der Waals surface area contributed by atoms with Gasteiger partial charge in [-0.1, -0.05) is 23.8 Å². The van der Waals surface area contributed by atoms with Gasteiger partial charge in [0.05, 0.1) is 0 Å². The average molecular weight is 618 g/mol. The second-order valence-electron chi connectivity index (χ2n) is 9.12. The van der Waals surface area contributed by atoms with E-state index in [-0.39, 0.29) is 22.2 Å². The molecule has 14 nitrogen and oxygen atoms in total. The van der Waals surface area contributed by atoms with E-state index in [1.165, 1.54) is 35.5 Å². The van der Waals surface area contributed by atoms with Gasteiger partial charge in [-0.15, -0.1) is 33.3 Å². The molecular formula is C24H27N9O5S3. The van der Waals surface area contributed by atoms with E-state index in [4.69, 9.17) is 10.6 Å². The lowest BCUT2D eigenvalue weighted by Gasteiger charge is -2.50. The Morgan fingerprint density at radius 1 is 1.34 bits per heavy atom. The van der Waals surface area contributed by atoms with Gasteiger partial charge in [0, 0.05) is 34.5 Å². The molecule has 2 aliphatic rings. The van der Waals surface area contributed by atoms with Gasteiger partial charge in [0.25, 0.3) is 11.8 Å². The maximum Gasteiger partial charge on any atom is 0.352 e. The second kappa shape index (κ2) is 11.6. The smallest absolute Gasteiger partial charge is 0.352 e. The van der Waals surface area contributed by atoms with Crippen molar-refractivity contribution in [2.24, 2.45) is 5.16 Å². The first-order valence-corrected chi connectivity index (χ1v) is 15.2. The summed E-state index contributed by atoms with van der Waals surface area (Å²) in [5.74, 6) is -1.45. The van der Waals surface area contributed by atoms with E-state index in [2.05, 4.69) is 30.6 Å². The zero-order valence-electron chi connectivity index (χ0n) is 22.4. The summed E-state index contributed by atoms with van der Waals surface area (Å²) in [6, 6.07) is 2.94. The predicted molar refractivity (Wildman–Crippen MR) is 154 cm³/mol. The number of nitrogens with zero attached hydrogens (tertiary/aromatic N) is 6. The van der Waals surface area contributed by atoms with E-state index in [1.54, 1.807) is 5.38 Å². The van der Waals surface area contributed by atoms with E-state index in [1.807, 2.05) is 37.5 Å². The fraction of sp³-hybridized carbons (Fsp3) is 0.375. The van der Waals surface area contributed by atoms with Crippen molar-refractivity contribution in [3.63, 3.8) is 0 Å². The molecule has 5 rings (SSSR count). The number of hydrogen-bond acceptors (Lipinski definition) is 12. The average Bonchev–Trinajstić information content (AvgIpc) is 3.68. The van der Waals surface area contributed by atoms with Crippen LogP contribution >= 0.6 is 34.9 Å². The fourth-order valence-corrected chi connectivity index (χ4v) is 7.95. The zero-order valence-corrected chi connectivity index (χ0v) is 24.9. The van der Waals surface area contributed by atoms with Crippen LogP contribution in [-0.2, 0) is 25.6 Å². The van der Waals surface area contributed by atoms with Gasteiger partial charge in [0.1, 0.15) is 41.1 Å². The molecule has 0 aliphatic carbocycles. The van der Waals surface area contributed by atoms with Gasteiger partial charge in [-0.3, -0.25) is 14.5 Å². The Kier molecular flexibility index (Phi) is 8.10.